The van der Waals surface area contributed by atoms with E-state index in [1.807, 2.05) is 54.9 Å². The summed E-state index contributed by atoms with van der Waals surface area (Å²) in [6.45, 7) is 8.01. The third kappa shape index (κ3) is 4.23. The van der Waals surface area contributed by atoms with Gasteiger partial charge in [-0.1, -0.05) is 13.8 Å². The Morgan fingerprint density at radius 2 is 1.92 bits per heavy atom. The maximum Gasteiger partial charge on any atom is 0.253 e. The molecule has 0 aromatic heterocycles. The van der Waals surface area contributed by atoms with Crippen molar-refractivity contribution in [2.75, 3.05) is 24.6 Å². The van der Waals surface area contributed by atoms with Crippen LogP contribution >= 0.6 is 0 Å². The monoisotopic (exact) mass is 356 g/mol. The average molecular weight is 356 g/mol. The van der Waals surface area contributed by atoms with E-state index in [-0.39, 0.29) is 23.8 Å². The van der Waals surface area contributed by atoms with Crippen LogP contribution < -0.4 is 10.3 Å². The summed E-state index contributed by atoms with van der Waals surface area (Å²) in [6.07, 6.45) is 2.82. The SMILES string of the molecule is CC1=NN(c2ccc(C(=O)N3CCCC(NC(=O)C(C)C)C3)cc2)CC1. The van der Waals surface area contributed by atoms with Gasteiger partial charge in [-0.15, -0.1) is 0 Å². The number of nitrogens with one attached hydrogen (secondary N) is 1. The Morgan fingerprint density at radius 3 is 2.54 bits per heavy atom. The summed E-state index contributed by atoms with van der Waals surface area (Å²) in [5.41, 5.74) is 2.83. The van der Waals surface area contributed by atoms with Crippen LogP contribution in [0.5, 0.6) is 0 Å². The van der Waals surface area contributed by atoms with Crippen molar-refractivity contribution in [1.82, 2.24) is 10.2 Å². The third-order valence-electron chi connectivity index (χ3n) is 4.97. The molecule has 6 heteroatoms. The second-order valence-electron chi connectivity index (χ2n) is 7.51. The number of rotatable bonds is 4. The van der Waals surface area contributed by atoms with Gasteiger partial charge in [-0.25, -0.2) is 0 Å². The van der Waals surface area contributed by atoms with E-state index in [1.54, 1.807) is 0 Å². The molecule has 0 saturated carbocycles. The number of hydrogen-bond acceptors (Lipinski definition) is 4. The van der Waals surface area contributed by atoms with Gasteiger partial charge in [0.1, 0.15) is 0 Å². The lowest BCUT2D eigenvalue weighted by atomic mass is 10.0. The lowest BCUT2D eigenvalue weighted by Gasteiger charge is -2.33. The second kappa shape index (κ2) is 7.89. The predicted molar refractivity (Wildman–Crippen MR) is 103 cm³/mol. The molecule has 1 saturated heterocycles. The molecule has 26 heavy (non-hydrogen) atoms. The van der Waals surface area contributed by atoms with E-state index in [2.05, 4.69) is 10.4 Å². The minimum Gasteiger partial charge on any atom is -0.351 e. The van der Waals surface area contributed by atoms with Gasteiger partial charge in [0.2, 0.25) is 5.91 Å². The van der Waals surface area contributed by atoms with E-state index in [0.29, 0.717) is 12.1 Å². The molecule has 6 nitrogen and oxygen atoms in total. The summed E-state index contributed by atoms with van der Waals surface area (Å²) in [4.78, 5) is 26.6. The lowest BCUT2D eigenvalue weighted by Crippen LogP contribution is -2.50. The minimum absolute atomic E-state index is 0.0288. The zero-order valence-electron chi connectivity index (χ0n) is 15.9. The van der Waals surface area contributed by atoms with Crippen LogP contribution in [0.2, 0.25) is 0 Å². The van der Waals surface area contributed by atoms with E-state index in [0.717, 1.165) is 43.8 Å². The highest BCUT2D eigenvalue weighted by atomic mass is 16.2. The highest BCUT2D eigenvalue weighted by Crippen LogP contribution is 2.21. The lowest BCUT2D eigenvalue weighted by molar-refractivity contribution is -0.125. The third-order valence-corrected chi connectivity index (χ3v) is 4.97. The zero-order valence-corrected chi connectivity index (χ0v) is 15.9. The van der Waals surface area contributed by atoms with E-state index in [4.69, 9.17) is 0 Å². The summed E-state index contributed by atoms with van der Waals surface area (Å²) in [5.74, 6) is 0.0433. The molecule has 0 aliphatic carbocycles. The number of likely N-dealkylation sites (tertiary alicyclic amines) is 1. The van der Waals surface area contributed by atoms with E-state index in [9.17, 15) is 9.59 Å². The summed E-state index contributed by atoms with van der Waals surface area (Å²) in [6, 6.07) is 7.70. The molecule has 1 aromatic rings. The molecule has 0 bridgehead atoms. The Morgan fingerprint density at radius 1 is 1.19 bits per heavy atom. The molecular weight excluding hydrogens is 328 g/mol. The van der Waals surface area contributed by atoms with Gasteiger partial charge in [0.05, 0.1) is 5.69 Å². The van der Waals surface area contributed by atoms with Crippen molar-refractivity contribution < 1.29 is 9.59 Å². The van der Waals surface area contributed by atoms with Crippen LogP contribution in [0.1, 0.15) is 50.4 Å². The number of piperidine rings is 1. The van der Waals surface area contributed by atoms with Gasteiger partial charge in [-0.05, 0) is 44.0 Å². The number of nitrogens with zero attached hydrogens (tertiary/aromatic N) is 3. The second-order valence-corrected chi connectivity index (χ2v) is 7.51. The van der Waals surface area contributed by atoms with E-state index < -0.39 is 0 Å². The molecule has 1 N–H and O–H groups in total. The van der Waals surface area contributed by atoms with Crippen LogP contribution in [0, 0.1) is 5.92 Å². The van der Waals surface area contributed by atoms with Gasteiger partial charge in [0.25, 0.3) is 5.91 Å². The highest BCUT2D eigenvalue weighted by Gasteiger charge is 2.26. The fourth-order valence-electron chi connectivity index (χ4n) is 3.37. The number of hydrogen-bond donors (Lipinski definition) is 1. The van der Waals surface area contributed by atoms with Crippen molar-refractivity contribution in [3.05, 3.63) is 29.8 Å². The van der Waals surface area contributed by atoms with Gasteiger partial charge in [-0.3, -0.25) is 14.6 Å². The minimum atomic E-state index is -0.0366. The largest absolute Gasteiger partial charge is 0.351 e. The summed E-state index contributed by atoms with van der Waals surface area (Å²) >= 11 is 0. The molecule has 1 atom stereocenters. The Hall–Kier alpha value is -2.37. The summed E-state index contributed by atoms with van der Waals surface area (Å²) in [7, 11) is 0. The van der Waals surface area contributed by atoms with Crippen LogP contribution in [0.15, 0.2) is 29.4 Å². The quantitative estimate of drug-likeness (QED) is 0.902. The summed E-state index contributed by atoms with van der Waals surface area (Å²) in [5, 5.41) is 9.51. The first kappa shape index (κ1) is 18.4. The number of benzene rings is 1. The van der Waals surface area contributed by atoms with Crippen LogP contribution in [0.25, 0.3) is 0 Å². The Balaban J connectivity index is 1.62. The van der Waals surface area contributed by atoms with Gasteiger partial charge in [0.15, 0.2) is 0 Å². The number of amides is 2. The molecule has 1 unspecified atom stereocenters. The molecule has 0 radical (unpaired) electrons. The molecule has 2 amide bonds. The predicted octanol–water partition coefficient (Wildman–Crippen LogP) is 2.65. The van der Waals surface area contributed by atoms with Crippen molar-refractivity contribution in [3.63, 3.8) is 0 Å². The maximum absolute atomic E-state index is 12.8. The topological polar surface area (TPSA) is 65.0 Å². The first-order valence-corrected chi connectivity index (χ1v) is 9.45. The molecular formula is C20H28N4O2. The fourth-order valence-corrected chi connectivity index (χ4v) is 3.37. The first-order chi connectivity index (χ1) is 12.4. The van der Waals surface area contributed by atoms with Crippen LogP contribution in [0.3, 0.4) is 0 Å². The smallest absolute Gasteiger partial charge is 0.253 e. The van der Waals surface area contributed by atoms with Crippen molar-refractivity contribution in [3.8, 4) is 0 Å². The molecule has 1 aromatic carbocycles. The van der Waals surface area contributed by atoms with E-state index in [1.165, 1.54) is 0 Å². The Kier molecular flexibility index (Phi) is 5.59. The van der Waals surface area contributed by atoms with Gasteiger partial charge in [0, 0.05) is 49.3 Å². The number of carbonyl (C=O) groups excluding carboxylic acids is 2. The zero-order chi connectivity index (χ0) is 18.7. The average Bonchev–Trinajstić information content (AvgIpc) is 3.08. The van der Waals surface area contributed by atoms with Crippen molar-refractivity contribution in [2.24, 2.45) is 11.0 Å². The van der Waals surface area contributed by atoms with Crippen molar-refractivity contribution in [1.29, 1.82) is 0 Å². The standard InChI is InChI=1S/C20H28N4O2/c1-14(2)19(25)21-17-5-4-11-23(13-17)20(26)16-6-8-18(9-7-16)24-12-10-15(3)22-24/h6-9,14,17H,4-5,10-13H2,1-3H3,(H,21,25). The van der Waals surface area contributed by atoms with Crippen LogP contribution in [-0.4, -0.2) is 48.1 Å². The van der Waals surface area contributed by atoms with Gasteiger partial charge in [-0.2, -0.15) is 5.10 Å². The Labute approximate surface area is 155 Å². The number of hydrazone groups is 1. The van der Waals surface area contributed by atoms with Gasteiger partial charge >= 0.3 is 0 Å². The number of carbonyl (C=O) groups is 2. The van der Waals surface area contributed by atoms with E-state index >= 15 is 0 Å². The Bertz CT molecular complexity index is 696. The fraction of sp³-hybridized carbons (Fsp3) is 0.550. The highest BCUT2D eigenvalue weighted by molar-refractivity contribution is 5.95. The molecule has 2 aliphatic heterocycles. The first-order valence-electron chi connectivity index (χ1n) is 9.45. The molecule has 140 valence electrons. The van der Waals surface area contributed by atoms with Gasteiger partial charge < -0.3 is 10.2 Å². The molecule has 1 fully saturated rings. The summed E-state index contributed by atoms with van der Waals surface area (Å²) < 4.78 is 0. The van der Waals surface area contributed by atoms with Crippen molar-refractivity contribution in [2.45, 2.75) is 46.1 Å². The molecule has 3 rings (SSSR count). The normalized spacial score (nSPS) is 20.3. The number of anilines is 1. The van der Waals surface area contributed by atoms with Crippen LogP contribution in [-0.2, 0) is 4.79 Å². The van der Waals surface area contributed by atoms with Crippen LogP contribution in [0.4, 0.5) is 5.69 Å². The molecule has 2 aliphatic rings. The van der Waals surface area contributed by atoms with Crippen molar-refractivity contribution >= 4 is 23.2 Å². The molecule has 0 spiro atoms. The molecule has 2 heterocycles. The maximum atomic E-state index is 12.8.